The highest BCUT2D eigenvalue weighted by Crippen LogP contribution is 2.12. The molecule has 0 unspecified atom stereocenters. The molecule has 2 rings (SSSR count). The van der Waals surface area contributed by atoms with Crippen LogP contribution in [0.1, 0.15) is 12.1 Å². The van der Waals surface area contributed by atoms with Crippen LogP contribution in [0.3, 0.4) is 0 Å². The highest BCUT2D eigenvalue weighted by Gasteiger charge is 2.02. The molecule has 1 aromatic heterocycles. The first kappa shape index (κ1) is 11.1. The van der Waals surface area contributed by atoms with Gasteiger partial charge in [0.25, 0.3) is 0 Å². The summed E-state index contributed by atoms with van der Waals surface area (Å²) in [6.07, 6.45) is 3.31. The molecule has 5 heteroatoms. The van der Waals surface area contributed by atoms with Gasteiger partial charge in [0.05, 0.1) is 17.6 Å². The van der Waals surface area contributed by atoms with Gasteiger partial charge in [-0.15, -0.1) is 5.10 Å². The van der Waals surface area contributed by atoms with Gasteiger partial charge in [0.1, 0.15) is 0 Å². The third-order valence-corrected chi connectivity index (χ3v) is 2.48. The zero-order chi connectivity index (χ0) is 11.4. The Balaban J connectivity index is 2.15. The van der Waals surface area contributed by atoms with Crippen LogP contribution in [0.2, 0.25) is 5.02 Å². The monoisotopic (exact) mass is 237 g/mol. The highest BCUT2D eigenvalue weighted by atomic mass is 35.5. The Morgan fingerprint density at radius 1 is 1.25 bits per heavy atom. The number of aromatic nitrogens is 3. The van der Waals surface area contributed by atoms with Gasteiger partial charge in [-0.25, -0.2) is 4.68 Å². The molecule has 0 amide bonds. The van der Waals surface area contributed by atoms with Crippen LogP contribution in [0.5, 0.6) is 0 Å². The van der Waals surface area contributed by atoms with E-state index in [0.717, 1.165) is 17.8 Å². The minimum absolute atomic E-state index is 0.174. The van der Waals surface area contributed by atoms with Crippen molar-refractivity contribution in [3.8, 4) is 5.69 Å². The fraction of sp³-hybridized carbons (Fsp3) is 0.273. The summed E-state index contributed by atoms with van der Waals surface area (Å²) in [5.74, 6) is 0. The number of aryl methyl sites for hydroxylation is 1. The second-order valence-electron chi connectivity index (χ2n) is 3.46. The Morgan fingerprint density at radius 2 is 2.00 bits per heavy atom. The molecule has 0 radical (unpaired) electrons. The Labute approximate surface area is 98.5 Å². The van der Waals surface area contributed by atoms with Crippen molar-refractivity contribution in [3.63, 3.8) is 0 Å². The number of nitrogens with zero attached hydrogens (tertiary/aromatic N) is 3. The van der Waals surface area contributed by atoms with Gasteiger partial charge in [0, 0.05) is 11.6 Å². The first-order valence-corrected chi connectivity index (χ1v) is 5.45. The zero-order valence-corrected chi connectivity index (χ0v) is 9.43. The first-order valence-electron chi connectivity index (χ1n) is 5.07. The van der Waals surface area contributed by atoms with Crippen LogP contribution in [0.4, 0.5) is 0 Å². The summed E-state index contributed by atoms with van der Waals surface area (Å²) in [6, 6.07) is 7.39. The molecule has 84 valence electrons. The molecule has 4 nitrogen and oxygen atoms in total. The van der Waals surface area contributed by atoms with Gasteiger partial charge < -0.3 is 5.11 Å². The minimum atomic E-state index is 0.174. The molecular weight excluding hydrogens is 226 g/mol. The second-order valence-corrected chi connectivity index (χ2v) is 3.89. The number of rotatable bonds is 4. The quantitative estimate of drug-likeness (QED) is 0.883. The molecule has 0 aliphatic heterocycles. The summed E-state index contributed by atoms with van der Waals surface area (Å²) in [5.41, 5.74) is 1.80. The maximum atomic E-state index is 8.71. The molecule has 0 fully saturated rings. The van der Waals surface area contributed by atoms with Crippen LogP contribution in [-0.4, -0.2) is 26.7 Å². The Kier molecular flexibility index (Phi) is 3.54. The van der Waals surface area contributed by atoms with E-state index < -0.39 is 0 Å². The van der Waals surface area contributed by atoms with E-state index in [9.17, 15) is 0 Å². The SMILES string of the molecule is OCCCc1cn(-c2ccc(Cl)cc2)nn1. The molecule has 0 aliphatic rings. The van der Waals surface area contributed by atoms with E-state index >= 15 is 0 Å². The van der Waals surface area contributed by atoms with E-state index in [2.05, 4.69) is 10.3 Å². The van der Waals surface area contributed by atoms with Crippen molar-refractivity contribution in [1.82, 2.24) is 15.0 Å². The smallest absolute Gasteiger partial charge is 0.0832 e. The van der Waals surface area contributed by atoms with Crippen LogP contribution >= 0.6 is 11.6 Å². The molecular formula is C11H12ClN3O. The average Bonchev–Trinajstić information content (AvgIpc) is 2.76. The molecule has 0 bridgehead atoms. The van der Waals surface area contributed by atoms with Crippen molar-refractivity contribution in [2.45, 2.75) is 12.8 Å². The van der Waals surface area contributed by atoms with Crippen LogP contribution in [0.25, 0.3) is 5.69 Å². The molecule has 2 aromatic rings. The molecule has 1 heterocycles. The van der Waals surface area contributed by atoms with E-state index in [0.29, 0.717) is 11.4 Å². The Bertz CT molecular complexity index is 453. The summed E-state index contributed by atoms with van der Waals surface area (Å²) < 4.78 is 1.70. The lowest BCUT2D eigenvalue weighted by molar-refractivity contribution is 0.288. The van der Waals surface area contributed by atoms with Crippen molar-refractivity contribution in [2.24, 2.45) is 0 Å². The van der Waals surface area contributed by atoms with Gasteiger partial charge in [-0.2, -0.15) is 0 Å². The number of halogens is 1. The van der Waals surface area contributed by atoms with Crippen LogP contribution in [-0.2, 0) is 6.42 Å². The fourth-order valence-electron chi connectivity index (χ4n) is 1.39. The molecule has 0 aliphatic carbocycles. The standard InChI is InChI=1S/C11H12ClN3O/c12-9-3-5-11(6-4-9)15-8-10(13-14-15)2-1-7-16/h3-6,8,16H,1-2,7H2. The van der Waals surface area contributed by atoms with Crippen LogP contribution < -0.4 is 0 Å². The minimum Gasteiger partial charge on any atom is -0.396 e. The summed E-state index contributed by atoms with van der Waals surface area (Å²) in [5, 5.41) is 17.4. The molecule has 0 atom stereocenters. The molecule has 0 saturated heterocycles. The van der Waals surface area contributed by atoms with Gasteiger partial charge in [0.2, 0.25) is 0 Å². The number of aliphatic hydroxyl groups excluding tert-OH is 1. The second kappa shape index (κ2) is 5.09. The van der Waals surface area contributed by atoms with Gasteiger partial charge >= 0.3 is 0 Å². The molecule has 16 heavy (non-hydrogen) atoms. The lowest BCUT2D eigenvalue weighted by Gasteiger charge is -1.98. The summed E-state index contributed by atoms with van der Waals surface area (Å²) in [7, 11) is 0. The van der Waals surface area contributed by atoms with Gasteiger partial charge in [-0.1, -0.05) is 16.8 Å². The van der Waals surface area contributed by atoms with Crippen molar-refractivity contribution < 1.29 is 5.11 Å². The predicted octanol–water partition coefficient (Wildman–Crippen LogP) is 1.85. The largest absolute Gasteiger partial charge is 0.396 e. The Hall–Kier alpha value is -1.39. The number of benzene rings is 1. The van der Waals surface area contributed by atoms with Gasteiger partial charge in [-0.3, -0.25) is 0 Å². The van der Waals surface area contributed by atoms with Crippen LogP contribution in [0, 0.1) is 0 Å². The molecule has 1 N–H and O–H groups in total. The first-order chi connectivity index (χ1) is 7.79. The zero-order valence-electron chi connectivity index (χ0n) is 8.67. The predicted molar refractivity (Wildman–Crippen MR) is 61.8 cm³/mol. The highest BCUT2D eigenvalue weighted by molar-refractivity contribution is 6.30. The number of hydrogen-bond acceptors (Lipinski definition) is 3. The van der Waals surface area contributed by atoms with Gasteiger partial charge in [0.15, 0.2) is 0 Å². The molecule has 1 aromatic carbocycles. The molecule has 0 spiro atoms. The van der Waals surface area contributed by atoms with Gasteiger partial charge in [-0.05, 0) is 37.1 Å². The Morgan fingerprint density at radius 3 is 2.69 bits per heavy atom. The maximum Gasteiger partial charge on any atom is 0.0832 e. The van der Waals surface area contributed by atoms with E-state index in [4.69, 9.17) is 16.7 Å². The van der Waals surface area contributed by atoms with Crippen molar-refractivity contribution in [3.05, 3.63) is 41.2 Å². The topological polar surface area (TPSA) is 50.9 Å². The van der Waals surface area contributed by atoms with Crippen molar-refractivity contribution >= 4 is 11.6 Å². The van der Waals surface area contributed by atoms with E-state index in [1.807, 2.05) is 30.5 Å². The normalized spacial score (nSPS) is 10.6. The van der Waals surface area contributed by atoms with Crippen molar-refractivity contribution in [2.75, 3.05) is 6.61 Å². The van der Waals surface area contributed by atoms with Crippen molar-refractivity contribution in [1.29, 1.82) is 0 Å². The number of aliphatic hydroxyl groups is 1. The third-order valence-electron chi connectivity index (χ3n) is 2.22. The molecule has 0 saturated carbocycles. The lowest BCUT2D eigenvalue weighted by atomic mass is 10.2. The maximum absolute atomic E-state index is 8.71. The van der Waals surface area contributed by atoms with E-state index in [1.54, 1.807) is 4.68 Å². The average molecular weight is 238 g/mol. The summed E-state index contributed by atoms with van der Waals surface area (Å²) in [6.45, 7) is 0.174. The van der Waals surface area contributed by atoms with Crippen LogP contribution in [0.15, 0.2) is 30.5 Å². The van der Waals surface area contributed by atoms with E-state index in [1.165, 1.54) is 0 Å². The third kappa shape index (κ3) is 2.59. The lowest BCUT2D eigenvalue weighted by Crippen LogP contribution is -1.93. The summed E-state index contributed by atoms with van der Waals surface area (Å²) >= 11 is 5.80. The number of hydrogen-bond donors (Lipinski definition) is 1. The summed E-state index contributed by atoms with van der Waals surface area (Å²) in [4.78, 5) is 0. The fourth-order valence-corrected chi connectivity index (χ4v) is 1.52. The van der Waals surface area contributed by atoms with E-state index in [-0.39, 0.29) is 6.61 Å².